The number of alkyl carbamates (subject to hydrolysis) is 1. The highest BCUT2D eigenvalue weighted by Gasteiger charge is 2.29. The average molecular weight is 339 g/mol. The number of carboxylic acids is 1. The van der Waals surface area contributed by atoms with Gasteiger partial charge in [-0.3, -0.25) is 0 Å². The predicted molar refractivity (Wildman–Crippen MR) is 87.4 cm³/mol. The highest BCUT2D eigenvalue weighted by atomic mass is 32.2. The van der Waals surface area contributed by atoms with Gasteiger partial charge in [-0.1, -0.05) is 6.07 Å². The standard InChI is InChI=1S/C16H21NO5S/c1-16(2,3)22-15(20)17-11-7-8-21-12-9(11)5-6-10(14(18)19)13(12)23-4/h5-6,11H,7-8H2,1-4H3,(H,17,20)(H,18,19)/t11-/m0/s1. The van der Waals surface area contributed by atoms with Gasteiger partial charge in [0.05, 0.1) is 23.1 Å². The zero-order valence-electron chi connectivity index (χ0n) is 13.6. The third-order valence-electron chi connectivity index (χ3n) is 3.30. The molecule has 0 spiro atoms. The molecule has 0 unspecified atom stereocenters. The Bertz CT molecular complexity index is 624. The number of benzene rings is 1. The van der Waals surface area contributed by atoms with Gasteiger partial charge in [-0.25, -0.2) is 9.59 Å². The van der Waals surface area contributed by atoms with Crippen molar-refractivity contribution in [1.29, 1.82) is 0 Å². The number of fused-ring (bicyclic) bond motifs is 1. The Kier molecular flexibility index (Phi) is 5.09. The van der Waals surface area contributed by atoms with Crippen molar-refractivity contribution in [2.75, 3.05) is 12.9 Å². The second kappa shape index (κ2) is 6.70. The van der Waals surface area contributed by atoms with Crippen molar-refractivity contribution >= 4 is 23.8 Å². The minimum atomic E-state index is -0.997. The molecular weight excluding hydrogens is 318 g/mol. The number of carboxylic acid groups (broad SMARTS) is 1. The van der Waals surface area contributed by atoms with Gasteiger partial charge in [-0.2, -0.15) is 0 Å². The first-order chi connectivity index (χ1) is 10.7. The summed E-state index contributed by atoms with van der Waals surface area (Å²) in [5.74, 6) is -0.465. The number of aromatic carboxylic acids is 1. The van der Waals surface area contributed by atoms with Crippen molar-refractivity contribution in [2.45, 2.75) is 43.7 Å². The molecule has 0 saturated heterocycles. The van der Waals surface area contributed by atoms with Gasteiger partial charge in [0.15, 0.2) is 0 Å². The Labute approximate surface area is 139 Å². The lowest BCUT2D eigenvalue weighted by Gasteiger charge is -2.29. The lowest BCUT2D eigenvalue weighted by atomic mass is 9.98. The van der Waals surface area contributed by atoms with Crippen molar-refractivity contribution in [3.8, 4) is 5.75 Å². The summed E-state index contributed by atoms with van der Waals surface area (Å²) in [6.45, 7) is 5.81. The van der Waals surface area contributed by atoms with Gasteiger partial charge in [0.2, 0.25) is 0 Å². The first-order valence-electron chi connectivity index (χ1n) is 7.29. The van der Waals surface area contributed by atoms with Gasteiger partial charge in [-0.15, -0.1) is 11.8 Å². The van der Waals surface area contributed by atoms with Crippen LogP contribution < -0.4 is 10.1 Å². The van der Waals surface area contributed by atoms with Crippen LogP contribution in [0.3, 0.4) is 0 Å². The second-order valence-corrected chi connectivity index (χ2v) is 7.02. The molecule has 2 N–H and O–H groups in total. The third kappa shape index (κ3) is 4.10. The van der Waals surface area contributed by atoms with E-state index < -0.39 is 17.7 Å². The maximum atomic E-state index is 12.0. The van der Waals surface area contributed by atoms with E-state index in [0.29, 0.717) is 23.7 Å². The highest BCUT2D eigenvalue weighted by molar-refractivity contribution is 7.98. The SMILES string of the molecule is CSc1c(C(=O)O)ccc2c1OCC[C@@H]2NC(=O)OC(C)(C)C. The summed E-state index contributed by atoms with van der Waals surface area (Å²) < 4.78 is 11.0. The summed E-state index contributed by atoms with van der Waals surface area (Å²) in [6, 6.07) is 2.98. The molecule has 0 saturated carbocycles. The van der Waals surface area contributed by atoms with Crippen LogP contribution in [-0.4, -0.2) is 35.6 Å². The zero-order valence-corrected chi connectivity index (χ0v) is 14.5. The normalized spacial score (nSPS) is 17.0. The van der Waals surface area contributed by atoms with Gasteiger partial charge in [0, 0.05) is 12.0 Å². The van der Waals surface area contributed by atoms with Crippen molar-refractivity contribution in [2.24, 2.45) is 0 Å². The van der Waals surface area contributed by atoms with E-state index in [0.717, 1.165) is 5.56 Å². The summed E-state index contributed by atoms with van der Waals surface area (Å²) in [6.07, 6.45) is 1.91. The number of amides is 1. The molecule has 1 aliphatic rings. The van der Waals surface area contributed by atoms with E-state index in [9.17, 15) is 14.7 Å². The molecule has 23 heavy (non-hydrogen) atoms. The molecule has 0 radical (unpaired) electrons. The van der Waals surface area contributed by atoms with Gasteiger partial charge in [-0.05, 0) is 33.1 Å². The average Bonchev–Trinajstić information content (AvgIpc) is 2.44. The smallest absolute Gasteiger partial charge is 0.408 e. The molecule has 1 aromatic carbocycles. The minimum Gasteiger partial charge on any atom is -0.492 e. The molecule has 0 fully saturated rings. The molecule has 7 heteroatoms. The van der Waals surface area contributed by atoms with Crippen LogP contribution in [0.15, 0.2) is 17.0 Å². The van der Waals surface area contributed by atoms with E-state index in [2.05, 4.69) is 5.32 Å². The van der Waals surface area contributed by atoms with Crippen LogP contribution in [0.5, 0.6) is 5.75 Å². The molecular formula is C16H21NO5S. The minimum absolute atomic E-state index is 0.203. The van der Waals surface area contributed by atoms with E-state index in [-0.39, 0.29) is 11.6 Å². The number of carbonyl (C=O) groups is 2. The summed E-state index contributed by atoms with van der Waals surface area (Å²) in [5, 5.41) is 12.1. The third-order valence-corrected chi connectivity index (χ3v) is 4.11. The van der Waals surface area contributed by atoms with Gasteiger partial charge in [0.25, 0.3) is 0 Å². The predicted octanol–water partition coefficient (Wildman–Crippen LogP) is 3.46. The first-order valence-corrected chi connectivity index (χ1v) is 8.52. The zero-order chi connectivity index (χ0) is 17.2. The van der Waals surface area contributed by atoms with E-state index in [1.54, 1.807) is 39.2 Å². The van der Waals surface area contributed by atoms with E-state index in [1.165, 1.54) is 11.8 Å². The molecule has 6 nitrogen and oxygen atoms in total. The van der Waals surface area contributed by atoms with E-state index in [4.69, 9.17) is 9.47 Å². The number of hydrogen-bond acceptors (Lipinski definition) is 5. The summed E-state index contributed by atoms with van der Waals surface area (Å²) >= 11 is 1.32. The van der Waals surface area contributed by atoms with Crippen molar-refractivity contribution in [3.05, 3.63) is 23.3 Å². The van der Waals surface area contributed by atoms with Crippen LogP contribution in [-0.2, 0) is 4.74 Å². The second-order valence-electron chi connectivity index (χ2n) is 6.21. The molecule has 1 atom stereocenters. The highest BCUT2D eigenvalue weighted by Crippen LogP contribution is 2.41. The maximum Gasteiger partial charge on any atom is 0.408 e. The van der Waals surface area contributed by atoms with Crippen LogP contribution in [0.2, 0.25) is 0 Å². The number of carbonyl (C=O) groups excluding carboxylic acids is 1. The van der Waals surface area contributed by atoms with Crippen LogP contribution in [0.1, 0.15) is 49.2 Å². The molecule has 1 aliphatic heterocycles. The van der Waals surface area contributed by atoms with Crippen molar-refractivity contribution < 1.29 is 24.2 Å². The van der Waals surface area contributed by atoms with Crippen LogP contribution in [0.4, 0.5) is 4.79 Å². The molecule has 0 aliphatic carbocycles. The number of ether oxygens (including phenoxy) is 2. The molecule has 126 valence electrons. The van der Waals surface area contributed by atoms with Crippen LogP contribution >= 0.6 is 11.8 Å². The van der Waals surface area contributed by atoms with E-state index in [1.807, 2.05) is 0 Å². The first kappa shape index (κ1) is 17.5. The molecule has 2 rings (SSSR count). The topological polar surface area (TPSA) is 84.9 Å². The lowest BCUT2D eigenvalue weighted by molar-refractivity contribution is 0.0489. The summed E-state index contributed by atoms with van der Waals surface area (Å²) in [7, 11) is 0. The number of thioether (sulfide) groups is 1. The monoisotopic (exact) mass is 339 g/mol. The Hall–Kier alpha value is -1.89. The Morgan fingerprint density at radius 2 is 2.09 bits per heavy atom. The Morgan fingerprint density at radius 3 is 2.65 bits per heavy atom. The summed E-state index contributed by atoms with van der Waals surface area (Å²) in [4.78, 5) is 23.9. The number of hydrogen-bond donors (Lipinski definition) is 2. The largest absolute Gasteiger partial charge is 0.492 e. The molecule has 0 bridgehead atoms. The maximum absolute atomic E-state index is 12.0. The molecule has 0 aromatic heterocycles. The molecule has 1 amide bonds. The number of nitrogens with one attached hydrogen (secondary N) is 1. The van der Waals surface area contributed by atoms with E-state index >= 15 is 0 Å². The Balaban J connectivity index is 2.29. The lowest BCUT2D eigenvalue weighted by Crippen LogP contribution is -2.37. The molecule has 1 aromatic rings. The fourth-order valence-electron chi connectivity index (χ4n) is 2.41. The Morgan fingerprint density at radius 1 is 1.39 bits per heavy atom. The fourth-order valence-corrected chi connectivity index (χ4v) is 3.14. The van der Waals surface area contributed by atoms with Crippen molar-refractivity contribution in [3.63, 3.8) is 0 Å². The van der Waals surface area contributed by atoms with Crippen LogP contribution in [0.25, 0.3) is 0 Å². The number of rotatable bonds is 3. The quantitative estimate of drug-likeness (QED) is 0.821. The molecule has 1 heterocycles. The summed E-state index contributed by atoms with van der Waals surface area (Å²) in [5.41, 5.74) is 0.404. The van der Waals surface area contributed by atoms with Crippen molar-refractivity contribution in [1.82, 2.24) is 5.32 Å². The van der Waals surface area contributed by atoms with Gasteiger partial charge in [0.1, 0.15) is 11.4 Å². The van der Waals surface area contributed by atoms with Gasteiger partial charge < -0.3 is 19.9 Å². The van der Waals surface area contributed by atoms with Gasteiger partial charge >= 0.3 is 12.1 Å². The van der Waals surface area contributed by atoms with Crippen LogP contribution in [0, 0.1) is 0 Å². The fraction of sp³-hybridized carbons (Fsp3) is 0.500.